The maximum Gasteiger partial charge on any atom is 0.220 e. The number of carbonyl (C=O) groups excluding carboxylic acids is 1. The van der Waals surface area contributed by atoms with Crippen LogP contribution in [0.15, 0.2) is 35.8 Å². The highest BCUT2D eigenvalue weighted by atomic mass is 32.1. The number of nitrogens with one attached hydrogen (secondary N) is 1. The molecule has 0 radical (unpaired) electrons. The van der Waals surface area contributed by atoms with Crippen LogP contribution in [-0.2, 0) is 11.3 Å². The first-order chi connectivity index (χ1) is 9.44. The van der Waals surface area contributed by atoms with Gasteiger partial charge in [0, 0.05) is 19.2 Å². The van der Waals surface area contributed by atoms with E-state index in [1.807, 2.05) is 23.6 Å². The van der Waals surface area contributed by atoms with Gasteiger partial charge in [-0.2, -0.15) is 0 Å². The summed E-state index contributed by atoms with van der Waals surface area (Å²) >= 11 is 1.67. The summed E-state index contributed by atoms with van der Waals surface area (Å²) in [7, 11) is 0. The Labute approximate surface area is 124 Å². The van der Waals surface area contributed by atoms with Crippen LogP contribution in [0.4, 0.5) is 0 Å². The van der Waals surface area contributed by atoms with Crippen molar-refractivity contribution in [1.82, 2.24) is 10.3 Å². The molecule has 0 saturated carbocycles. The van der Waals surface area contributed by atoms with E-state index in [9.17, 15) is 4.79 Å². The molecule has 0 spiro atoms. The van der Waals surface area contributed by atoms with Crippen LogP contribution in [0.1, 0.15) is 32.8 Å². The molecule has 2 aromatic heterocycles. The van der Waals surface area contributed by atoms with Crippen molar-refractivity contribution in [3.05, 3.63) is 41.4 Å². The molecule has 0 unspecified atom stereocenters. The van der Waals surface area contributed by atoms with Crippen molar-refractivity contribution in [3.63, 3.8) is 0 Å². The second-order valence-electron chi connectivity index (χ2n) is 6.04. The van der Waals surface area contributed by atoms with Crippen LogP contribution in [0, 0.1) is 5.41 Å². The normalized spacial score (nSPS) is 11.3. The Morgan fingerprint density at radius 2 is 2.15 bits per heavy atom. The maximum atomic E-state index is 11.8. The van der Waals surface area contributed by atoms with Crippen molar-refractivity contribution in [1.29, 1.82) is 0 Å². The monoisotopic (exact) mass is 288 g/mol. The number of aromatic nitrogens is 1. The molecule has 2 heterocycles. The van der Waals surface area contributed by atoms with Crippen molar-refractivity contribution in [3.8, 4) is 10.6 Å². The van der Waals surface area contributed by atoms with Crippen LogP contribution in [-0.4, -0.2) is 10.9 Å². The topological polar surface area (TPSA) is 42.0 Å². The lowest BCUT2D eigenvalue weighted by Crippen LogP contribution is -2.27. The van der Waals surface area contributed by atoms with Gasteiger partial charge >= 0.3 is 0 Å². The summed E-state index contributed by atoms with van der Waals surface area (Å²) in [6.07, 6.45) is 2.33. The number of pyridine rings is 1. The Bertz CT molecular complexity index is 570. The number of hydrogen-bond donors (Lipinski definition) is 1. The van der Waals surface area contributed by atoms with E-state index in [0.29, 0.717) is 13.0 Å². The zero-order valence-corrected chi connectivity index (χ0v) is 13.0. The Hall–Kier alpha value is -1.68. The minimum absolute atomic E-state index is 0.0183. The molecule has 4 heteroatoms. The van der Waals surface area contributed by atoms with Crippen LogP contribution >= 0.6 is 11.3 Å². The minimum atomic E-state index is 0.0183. The summed E-state index contributed by atoms with van der Waals surface area (Å²) in [5.41, 5.74) is 2.05. The van der Waals surface area contributed by atoms with Gasteiger partial charge in [-0.3, -0.25) is 9.78 Å². The average molecular weight is 288 g/mol. The number of carbonyl (C=O) groups is 1. The molecule has 20 heavy (non-hydrogen) atoms. The highest BCUT2D eigenvalue weighted by molar-refractivity contribution is 7.13. The SMILES string of the molecule is CC(C)(C)CC(=O)NCc1ccnc(-c2cccs2)c1. The highest BCUT2D eigenvalue weighted by Gasteiger charge is 2.15. The molecule has 0 atom stereocenters. The summed E-state index contributed by atoms with van der Waals surface area (Å²) in [6.45, 7) is 6.74. The van der Waals surface area contributed by atoms with Crippen LogP contribution < -0.4 is 5.32 Å². The lowest BCUT2D eigenvalue weighted by molar-refractivity contribution is -0.122. The number of nitrogens with zero attached hydrogens (tertiary/aromatic N) is 1. The largest absolute Gasteiger partial charge is 0.352 e. The van der Waals surface area contributed by atoms with Gasteiger partial charge in [0.2, 0.25) is 5.91 Å². The van der Waals surface area contributed by atoms with Gasteiger partial charge in [-0.05, 0) is 34.6 Å². The molecular formula is C16H20N2OS. The van der Waals surface area contributed by atoms with Crippen LogP contribution in [0.3, 0.4) is 0 Å². The fourth-order valence-corrected chi connectivity index (χ4v) is 2.58. The van der Waals surface area contributed by atoms with E-state index in [-0.39, 0.29) is 11.3 Å². The first-order valence-corrected chi connectivity index (χ1v) is 7.57. The molecule has 0 fully saturated rings. The number of hydrogen-bond acceptors (Lipinski definition) is 3. The molecule has 0 aromatic carbocycles. The van der Waals surface area contributed by atoms with Crippen molar-refractivity contribution in [2.75, 3.05) is 0 Å². The Balaban J connectivity index is 1.97. The van der Waals surface area contributed by atoms with Gasteiger partial charge in [0.15, 0.2) is 0 Å². The number of amides is 1. The van der Waals surface area contributed by atoms with E-state index < -0.39 is 0 Å². The Morgan fingerprint density at radius 3 is 2.80 bits per heavy atom. The molecule has 2 aromatic rings. The summed E-state index contributed by atoms with van der Waals surface area (Å²) in [5, 5.41) is 5.00. The molecule has 3 nitrogen and oxygen atoms in total. The third-order valence-electron chi connectivity index (χ3n) is 2.78. The minimum Gasteiger partial charge on any atom is -0.352 e. The van der Waals surface area contributed by atoms with E-state index in [1.54, 1.807) is 17.5 Å². The Kier molecular flexibility index (Phi) is 4.55. The van der Waals surface area contributed by atoms with Crippen LogP contribution in [0.2, 0.25) is 0 Å². The van der Waals surface area contributed by atoms with Gasteiger partial charge in [0.1, 0.15) is 0 Å². The molecule has 0 aliphatic carbocycles. The lowest BCUT2D eigenvalue weighted by atomic mass is 9.92. The molecule has 0 aliphatic rings. The average Bonchev–Trinajstić information content (AvgIpc) is 2.88. The third-order valence-corrected chi connectivity index (χ3v) is 3.67. The van der Waals surface area contributed by atoms with E-state index in [4.69, 9.17) is 0 Å². The second-order valence-corrected chi connectivity index (χ2v) is 6.99. The standard InChI is InChI=1S/C16H20N2OS/c1-16(2,3)10-15(19)18-11-12-6-7-17-13(9-12)14-5-4-8-20-14/h4-9H,10-11H2,1-3H3,(H,18,19). The van der Waals surface area contributed by atoms with E-state index in [0.717, 1.165) is 16.1 Å². The van der Waals surface area contributed by atoms with Crippen molar-refractivity contribution >= 4 is 17.2 Å². The molecule has 0 saturated heterocycles. The van der Waals surface area contributed by atoms with Gasteiger partial charge in [0.25, 0.3) is 0 Å². The van der Waals surface area contributed by atoms with Gasteiger partial charge in [-0.1, -0.05) is 26.8 Å². The summed E-state index contributed by atoms with van der Waals surface area (Å²) in [4.78, 5) is 17.3. The maximum absolute atomic E-state index is 11.8. The smallest absolute Gasteiger partial charge is 0.220 e. The second kappa shape index (κ2) is 6.18. The van der Waals surface area contributed by atoms with Crippen molar-refractivity contribution in [2.24, 2.45) is 5.41 Å². The van der Waals surface area contributed by atoms with Crippen molar-refractivity contribution in [2.45, 2.75) is 33.7 Å². The molecule has 0 bridgehead atoms. The zero-order chi connectivity index (χ0) is 14.6. The molecule has 106 valence electrons. The lowest BCUT2D eigenvalue weighted by Gasteiger charge is -2.17. The van der Waals surface area contributed by atoms with E-state index in [1.165, 1.54) is 0 Å². The van der Waals surface area contributed by atoms with Crippen LogP contribution in [0.25, 0.3) is 10.6 Å². The third kappa shape index (κ3) is 4.46. The first kappa shape index (κ1) is 14.7. The molecule has 2 rings (SSSR count). The van der Waals surface area contributed by atoms with Gasteiger partial charge in [-0.15, -0.1) is 11.3 Å². The zero-order valence-electron chi connectivity index (χ0n) is 12.1. The summed E-state index contributed by atoms with van der Waals surface area (Å²) in [5.74, 6) is 0.0898. The number of rotatable bonds is 4. The quantitative estimate of drug-likeness (QED) is 0.928. The van der Waals surface area contributed by atoms with Gasteiger partial charge in [-0.25, -0.2) is 0 Å². The molecular weight excluding hydrogens is 268 g/mol. The highest BCUT2D eigenvalue weighted by Crippen LogP contribution is 2.23. The molecule has 1 N–H and O–H groups in total. The molecule has 0 aliphatic heterocycles. The number of thiophene rings is 1. The van der Waals surface area contributed by atoms with E-state index in [2.05, 4.69) is 37.1 Å². The van der Waals surface area contributed by atoms with Crippen LogP contribution in [0.5, 0.6) is 0 Å². The fraction of sp³-hybridized carbons (Fsp3) is 0.375. The van der Waals surface area contributed by atoms with Crippen molar-refractivity contribution < 1.29 is 4.79 Å². The predicted octanol–water partition coefficient (Wildman–Crippen LogP) is 3.86. The van der Waals surface area contributed by atoms with E-state index >= 15 is 0 Å². The molecule has 1 amide bonds. The summed E-state index contributed by atoms with van der Waals surface area (Å²) in [6, 6.07) is 8.03. The fourth-order valence-electron chi connectivity index (χ4n) is 1.89. The van der Waals surface area contributed by atoms with Gasteiger partial charge < -0.3 is 5.32 Å². The Morgan fingerprint density at radius 1 is 1.35 bits per heavy atom. The summed E-state index contributed by atoms with van der Waals surface area (Å²) < 4.78 is 0. The predicted molar refractivity (Wildman–Crippen MR) is 83.5 cm³/mol. The van der Waals surface area contributed by atoms with Gasteiger partial charge in [0.05, 0.1) is 10.6 Å². The first-order valence-electron chi connectivity index (χ1n) is 6.69.